The van der Waals surface area contributed by atoms with E-state index in [1.54, 1.807) is 0 Å². The molecule has 1 saturated carbocycles. The minimum absolute atomic E-state index is 0.312. The van der Waals surface area contributed by atoms with Crippen molar-refractivity contribution in [3.8, 4) is 0 Å². The van der Waals surface area contributed by atoms with Gasteiger partial charge in [-0.15, -0.1) is 0 Å². The van der Waals surface area contributed by atoms with Crippen molar-refractivity contribution in [1.29, 1.82) is 0 Å². The molecular formula is C16H22ClN3. The molecule has 1 aromatic carbocycles. The molecule has 0 saturated heterocycles. The van der Waals surface area contributed by atoms with Crippen molar-refractivity contribution in [3.05, 3.63) is 29.5 Å². The number of para-hydroxylation sites is 1. The first kappa shape index (κ1) is 15.0. The lowest BCUT2D eigenvalue weighted by Gasteiger charge is -2.23. The first-order chi connectivity index (χ1) is 9.83. The Balaban J connectivity index is 0.000000704. The number of hydrogen-bond donors (Lipinski definition) is 1. The molecule has 0 aliphatic heterocycles. The Bertz CT molecular complexity index is 550. The summed E-state index contributed by atoms with van der Waals surface area (Å²) in [5, 5.41) is 4.89. The second-order valence-corrected chi connectivity index (χ2v) is 5.18. The average molecular weight is 292 g/mol. The molecule has 0 radical (unpaired) electrons. The minimum atomic E-state index is 0.312. The summed E-state index contributed by atoms with van der Waals surface area (Å²) in [4.78, 5) is 8.58. The highest BCUT2D eigenvalue weighted by Gasteiger charge is 2.15. The second-order valence-electron chi connectivity index (χ2n) is 4.84. The monoisotopic (exact) mass is 291 g/mol. The summed E-state index contributed by atoms with van der Waals surface area (Å²) in [6, 6.07) is 8.50. The topological polar surface area (TPSA) is 37.8 Å². The van der Waals surface area contributed by atoms with Crippen molar-refractivity contribution in [2.75, 3.05) is 5.32 Å². The number of nitrogens with zero attached hydrogens (tertiary/aromatic N) is 2. The Labute approximate surface area is 125 Å². The van der Waals surface area contributed by atoms with Gasteiger partial charge in [-0.25, -0.2) is 9.97 Å². The minimum Gasteiger partial charge on any atom is -0.367 e. The number of aromatic nitrogens is 2. The van der Waals surface area contributed by atoms with Gasteiger partial charge in [-0.3, -0.25) is 0 Å². The van der Waals surface area contributed by atoms with Crippen molar-refractivity contribution in [2.45, 2.75) is 52.0 Å². The quantitative estimate of drug-likeness (QED) is 0.786. The molecule has 0 spiro atoms. The Kier molecular flexibility index (Phi) is 5.60. The summed E-state index contributed by atoms with van der Waals surface area (Å²) in [5.74, 6) is 0.873. The fraction of sp³-hybridized carbons (Fsp3) is 0.500. The molecule has 1 heterocycles. The van der Waals surface area contributed by atoms with Crippen LogP contribution < -0.4 is 5.32 Å². The summed E-state index contributed by atoms with van der Waals surface area (Å²) in [6.07, 6.45) is 6.39. The number of hydrogen-bond acceptors (Lipinski definition) is 3. The van der Waals surface area contributed by atoms with Crippen LogP contribution in [0.3, 0.4) is 0 Å². The van der Waals surface area contributed by atoms with E-state index < -0.39 is 0 Å². The van der Waals surface area contributed by atoms with E-state index >= 15 is 0 Å². The van der Waals surface area contributed by atoms with Crippen LogP contribution in [0.15, 0.2) is 24.3 Å². The van der Waals surface area contributed by atoms with Crippen LogP contribution >= 0.6 is 11.6 Å². The van der Waals surface area contributed by atoms with Gasteiger partial charge in [-0.05, 0) is 36.6 Å². The SMILES string of the molecule is CC.Clc1nc(NC2CCCCC2)c2ccccc2n1. The van der Waals surface area contributed by atoms with E-state index in [9.17, 15) is 0 Å². The molecule has 20 heavy (non-hydrogen) atoms. The molecule has 108 valence electrons. The molecule has 0 amide bonds. The average Bonchev–Trinajstić information content (AvgIpc) is 2.50. The van der Waals surface area contributed by atoms with Crippen molar-refractivity contribution in [2.24, 2.45) is 0 Å². The highest BCUT2D eigenvalue weighted by atomic mass is 35.5. The molecule has 1 aliphatic rings. The lowest BCUT2D eigenvalue weighted by atomic mass is 9.95. The molecule has 3 nitrogen and oxygen atoms in total. The Morgan fingerprint density at radius 1 is 1.05 bits per heavy atom. The zero-order valence-electron chi connectivity index (χ0n) is 12.2. The third-order valence-corrected chi connectivity index (χ3v) is 3.69. The van der Waals surface area contributed by atoms with Crippen LogP contribution in [-0.2, 0) is 0 Å². The summed E-state index contributed by atoms with van der Waals surface area (Å²) < 4.78 is 0. The predicted octanol–water partition coefficient (Wildman–Crippen LogP) is 5.05. The van der Waals surface area contributed by atoms with Crippen LogP contribution in [0.25, 0.3) is 10.9 Å². The van der Waals surface area contributed by atoms with Crippen LogP contribution in [0.2, 0.25) is 5.28 Å². The largest absolute Gasteiger partial charge is 0.367 e. The molecule has 0 atom stereocenters. The summed E-state index contributed by atoms with van der Waals surface area (Å²) in [7, 11) is 0. The van der Waals surface area contributed by atoms with Gasteiger partial charge in [0.05, 0.1) is 5.52 Å². The molecule has 4 heteroatoms. The third-order valence-electron chi connectivity index (χ3n) is 3.52. The van der Waals surface area contributed by atoms with Gasteiger partial charge in [-0.2, -0.15) is 0 Å². The van der Waals surface area contributed by atoms with Crippen LogP contribution in [0.5, 0.6) is 0 Å². The van der Waals surface area contributed by atoms with Gasteiger partial charge < -0.3 is 5.32 Å². The lowest BCUT2D eigenvalue weighted by Crippen LogP contribution is -2.23. The van der Waals surface area contributed by atoms with Gasteiger partial charge in [0.25, 0.3) is 0 Å². The second kappa shape index (κ2) is 7.44. The third kappa shape index (κ3) is 3.60. The molecule has 1 fully saturated rings. The highest BCUT2D eigenvalue weighted by molar-refractivity contribution is 6.28. The molecule has 0 unspecified atom stereocenters. The fourth-order valence-electron chi connectivity index (χ4n) is 2.60. The summed E-state index contributed by atoms with van der Waals surface area (Å²) in [5.41, 5.74) is 0.899. The Hall–Kier alpha value is -1.35. The maximum absolute atomic E-state index is 5.98. The lowest BCUT2D eigenvalue weighted by molar-refractivity contribution is 0.462. The number of halogens is 1. The number of anilines is 1. The van der Waals surface area contributed by atoms with Crippen molar-refractivity contribution in [3.63, 3.8) is 0 Å². The van der Waals surface area contributed by atoms with Gasteiger partial charge in [0, 0.05) is 11.4 Å². The molecule has 1 aliphatic carbocycles. The highest BCUT2D eigenvalue weighted by Crippen LogP contribution is 2.26. The number of benzene rings is 1. The van der Waals surface area contributed by atoms with Gasteiger partial charge in [0.15, 0.2) is 0 Å². The van der Waals surface area contributed by atoms with E-state index in [1.807, 2.05) is 38.1 Å². The van der Waals surface area contributed by atoms with E-state index in [0.29, 0.717) is 11.3 Å². The van der Waals surface area contributed by atoms with E-state index in [-0.39, 0.29) is 0 Å². The normalized spacial score (nSPS) is 15.6. The fourth-order valence-corrected chi connectivity index (χ4v) is 2.77. The Morgan fingerprint density at radius 3 is 2.50 bits per heavy atom. The van der Waals surface area contributed by atoms with Gasteiger partial charge in [0.1, 0.15) is 5.82 Å². The van der Waals surface area contributed by atoms with Crippen LogP contribution in [0.4, 0.5) is 5.82 Å². The maximum Gasteiger partial charge on any atom is 0.224 e. The number of nitrogens with one attached hydrogen (secondary N) is 1. The first-order valence-electron chi connectivity index (χ1n) is 7.52. The van der Waals surface area contributed by atoms with E-state index in [0.717, 1.165) is 16.7 Å². The van der Waals surface area contributed by atoms with Crippen molar-refractivity contribution in [1.82, 2.24) is 9.97 Å². The molecule has 1 N–H and O–H groups in total. The van der Waals surface area contributed by atoms with Gasteiger partial charge >= 0.3 is 0 Å². The zero-order valence-corrected chi connectivity index (χ0v) is 13.0. The molecule has 3 rings (SSSR count). The summed E-state index contributed by atoms with van der Waals surface area (Å²) >= 11 is 5.98. The standard InChI is InChI=1S/C14H16ClN3.C2H6/c15-14-17-12-9-5-4-8-11(12)13(18-14)16-10-6-2-1-3-7-10;1-2/h4-5,8-10H,1-3,6-7H2,(H,16,17,18);1-2H3. The zero-order chi connectivity index (χ0) is 14.4. The summed E-state index contributed by atoms with van der Waals surface area (Å²) in [6.45, 7) is 4.00. The Morgan fingerprint density at radius 2 is 1.75 bits per heavy atom. The van der Waals surface area contributed by atoms with Crippen LogP contribution in [0, 0.1) is 0 Å². The molecule has 1 aromatic heterocycles. The van der Waals surface area contributed by atoms with E-state index in [1.165, 1.54) is 32.1 Å². The molecule has 2 aromatic rings. The maximum atomic E-state index is 5.98. The predicted molar refractivity (Wildman–Crippen MR) is 86.4 cm³/mol. The van der Waals surface area contributed by atoms with E-state index in [2.05, 4.69) is 15.3 Å². The molecular weight excluding hydrogens is 270 g/mol. The van der Waals surface area contributed by atoms with E-state index in [4.69, 9.17) is 11.6 Å². The first-order valence-corrected chi connectivity index (χ1v) is 7.89. The van der Waals surface area contributed by atoms with Crippen molar-refractivity contribution < 1.29 is 0 Å². The smallest absolute Gasteiger partial charge is 0.224 e. The number of rotatable bonds is 2. The van der Waals surface area contributed by atoms with Gasteiger partial charge in [-0.1, -0.05) is 45.2 Å². The van der Waals surface area contributed by atoms with Crippen molar-refractivity contribution >= 4 is 28.3 Å². The molecule has 0 bridgehead atoms. The van der Waals surface area contributed by atoms with Gasteiger partial charge in [0.2, 0.25) is 5.28 Å². The van der Waals surface area contributed by atoms with Crippen LogP contribution in [-0.4, -0.2) is 16.0 Å². The van der Waals surface area contributed by atoms with Crippen LogP contribution in [0.1, 0.15) is 46.0 Å². The number of fused-ring (bicyclic) bond motifs is 1.